The van der Waals surface area contributed by atoms with Gasteiger partial charge in [0.25, 0.3) is 0 Å². The maximum Gasteiger partial charge on any atom is 0.248 e. The lowest BCUT2D eigenvalue weighted by Gasteiger charge is -2.35. The summed E-state index contributed by atoms with van der Waals surface area (Å²) in [5.41, 5.74) is 22.3. The summed E-state index contributed by atoms with van der Waals surface area (Å²) in [4.78, 5) is 9.25. The van der Waals surface area contributed by atoms with E-state index in [1.807, 2.05) is 48.5 Å². The first-order valence-electron chi connectivity index (χ1n) is 26.5. The number of hydrogen-bond donors (Lipinski definition) is 0. The van der Waals surface area contributed by atoms with Gasteiger partial charge < -0.3 is 19.6 Å². The smallest absolute Gasteiger partial charge is 0.248 e. The first kappa shape index (κ1) is 47.9. The molecule has 370 valence electrons. The first-order valence-corrected chi connectivity index (χ1v) is 26.9. The zero-order valence-corrected chi connectivity index (χ0v) is 43.5. The van der Waals surface area contributed by atoms with Crippen molar-refractivity contribution >= 4 is 103 Å². The van der Waals surface area contributed by atoms with E-state index in [1.54, 1.807) is 0 Å². The molecular weight excluding hydrogens is 967 g/mol. The molecule has 0 unspecified atom stereocenters. The van der Waals surface area contributed by atoms with Gasteiger partial charge in [0.2, 0.25) is 6.71 Å². The first-order chi connectivity index (χ1) is 38.7. The van der Waals surface area contributed by atoms with Crippen LogP contribution in [0.1, 0.15) is 0 Å². The number of para-hydroxylation sites is 8. The molecule has 0 saturated carbocycles. The lowest BCUT2D eigenvalue weighted by Crippen LogP contribution is -2.54. The molecule has 4 nitrogen and oxygen atoms in total. The van der Waals surface area contributed by atoms with Crippen LogP contribution in [0.25, 0.3) is 22.3 Å². The molecule has 0 amide bonds. The van der Waals surface area contributed by atoms with Gasteiger partial charge in [0.1, 0.15) is 0 Å². The summed E-state index contributed by atoms with van der Waals surface area (Å²) in [6.07, 6.45) is 0. The van der Waals surface area contributed by atoms with Crippen LogP contribution >= 0.6 is 11.6 Å². The third-order valence-corrected chi connectivity index (χ3v) is 15.1. The minimum atomic E-state index is 0.221. The van der Waals surface area contributed by atoms with E-state index in [9.17, 15) is 0 Å². The molecule has 0 aliphatic carbocycles. The van der Waals surface area contributed by atoms with Gasteiger partial charge in [-0.25, -0.2) is 0 Å². The predicted octanol–water partition coefficient (Wildman–Crippen LogP) is 18.4. The van der Waals surface area contributed by atoms with E-state index in [2.05, 4.69) is 287 Å². The number of nitrogens with zero attached hydrogens (tertiary/aromatic N) is 4. The van der Waals surface area contributed by atoms with Crippen molar-refractivity contribution in [3.05, 3.63) is 320 Å². The van der Waals surface area contributed by atoms with Crippen LogP contribution in [-0.4, -0.2) is 6.71 Å². The second kappa shape index (κ2) is 21.4. The van der Waals surface area contributed by atoms with Crippen LogP contribution in [-0.2, 0) is 0 Å². The minimum absolute atomic E-state index is 0.221. The monoisotopic (exact) mass is 1020 g/mol. The van der Waals surface area contributed by atoms with Gasteiger partial charge >= 0.3 is 0 Å². The average Bonchev–Trinajstić information content (AvgIpc) is 3.95. The number of fused-ring (bicyclic) bond motifs is 5. The van der Waals surface area contributed by atoms with Crippen LogP contribution < -0.4 is 36.0 Å². The molecule has 0 aromatic heterocycles. The maximum absolute atomic E-state index is 7.25. The molecule has 2 aliphatic rings. The largest absolute Gasteiger partial charge is 0.312 e. The highest BCUT2D eigenvalue weighted by Crippen LogP contribution is 2.46. The van der Waals surface area contributed by atoms with Crippen molar-refractivity contribution in [2.45, 2.75) is 0 Å². The minimum Gasteiger partial charge on any atom is -0.312 e. The summed E-state index contributed by atoms with van der Waals surface area (Å²) in [6, 6.07) is 111. The highest BCUT2D eigenvalue weighted by atomic mass is 35.5. The lowest BCUT2D eigenvalue weighted by atomic mass is 9.37. The topological polar surface area (TPSA) is 13.0 Å². The molecule has 0 spiro atoms. The maximum atomic E-state index is 7.25. The number of hydrogen-bond acceptors (Lipinski definition) is 4. The fourth-order valence-corrected chi connectivity index (χ4v) is 11.7. The van der Waals surface area contributed by atoms with Crippen LogP contribution in [0.2, 0.25) is 5.02 Å². The van der Waals surface area contributed by atoms with Crippen molar-refractivity contribution in [1.29, 1.82) is 0 Å². The molecular formula is C72H52BClN4. The van der Waals surface area contributed by atoms with Crippen molar-refractivity contribution < 1.29 is 0 Å². The molecule has 0 saturated heterocycles. The molecule has 2 heterocycles. The predicted molar refractivity (Wildman–Crippen MR) is 332 cm³/mol. The molecule has 12 aromatic rings. The molecule has 12 aromatic carbocycles. The third-order valence-electron chi connectivity index (χ3n) is 14.7. The zero-order chi connectivity index (χ0) is 52.2. The summed E-state index contributed by atoms with van der Waals surface area (Å²) in [5, 5.41) is 0.702. The Labute approximate surface area is 462 Å². The van der Waals surface area contributed by atoms with Crippen LogP contribution in [0, 0.1) is 0 Å². The average molecular weight is 1020 g/mol. The lowest BCUT2D eigenvalue weighted by molar-refractivity contribution is 1.28. The molecule has 0 bridgehead atoms. The van der Waals surface area contributed by atoms with Crippen LogP contribution in [0.4, 0.5) is 68.2 Å². The zero-order valence-electron chi connectivity index (χ0n) is 42.8. The summed E-state index contributed by atoms with van der Waals surface area (Å²) in [5.74, 6) is 0. The fraction of sp³-hybridized carbons (Fsp3) is 0. The molecule has 14 rings (SSSR count). The van der Waals surface area contributed by atoms with Crippen molar-refractivity contribution in [3.8, 4) is 22.3 Å². The Bertz CT molecular complexity index is 3880. The van der Waals surface area contributed by atoms with Gasteiger partial charge in [0, 0.05) is 68.1 Å². The molecule has 0 radical (unpaired) electrons. The highest BCUT2D eigenvalue weighted by Gasteiger charge is 2.42. The Hall–Kier alpha value is -9.81. The van der Waals surface area contributed by atoms with Gasteiger partial charge in [-0.1, -0.05) is 205 Å². The van der Waals surface area contributed by atoms with Crippen LogP contribution in [0.3, 0.4) is 0 Å². The SMILES string of the molecule is Clc1c(-c2cccc(N(c3ccccc3)c3ccccc3)c2)cccc1N(c1ccccc1)c1ccccc1.c1ccc(N(c2ccccc2)c2ccc3c(c2)-c2cccc4c2B3c2ccccc2N4c2ccccc2)cc1. The van der Waals surface area contributed by atoms with E-state index < -0.39 is 0 Å². The van der Waals surface area contributed by atoms with Gasteiger partial charge in [0.15, 0.2) is 0 Å². The Morgan fingerprint density at radius 2 is 0.692 bits per heavy atom. The number of rotatable bonds is 11. The van der Waals surface area contributed by atoms with Gasteiger partial charge in [-0.15, -0.1) is 0 Å². The van der Waals surface area contributed by atoms with E-state index in [4.69, 9.17) is 11.6 Å². The van der Waals surface area contributed by atoms with Crippen molar-refractivity contribution in [2.24, 2.45) is 0 Å². The van der Waals surface area contributed by atoms with E-state index in [1.165, 1.54) is 44.6 Å². The van der Waals surface area contributed by atoms with E-state index in [-0.39, 0.29) is 6.71 Å². The van der Waals surface area contributed by atoms with Crippen LogP contribution in [0.15, 0.2) is 315 Å². The molecule has 0 fully saturated rings. The standard InChI is InChI=1S/C36H25BN2.C36H27ClN2/c1-4-13-26(14-5-1)38(27-15-6-2-7-16-27)29-23-24-32-31(25-29)30-19-12-22-35-36(30)37(32)33-20-10-11-21-34(33)39(35)28-17-8-3-9-18-28;37-36-34(25-14-26-35(36)39(31-20-9-3-10-21-31)32-22-11-4-12-23-32)28-15-13-24-33(27-28)38(29-16-5-1-6-17-29)30-18-7-2-8-19-30/h1-25H;1-27H. The Morgan fingerprint density at radius 1 is 0.282 bits per heavy atom. The van der Waals surface area contributed by atoms with Crippen molar-refractivity contribution in [2.75, 3.05) is 19.6 Å². The normalized spacial score (nSPS) is 11.6. The summed E-state index contributed by atoms with van der Waals surface area (Å²) < 4.78 is 0. The van der Waals surface area contributed by atoms with Crippen LogP contribution in [0.5, 0.6) is 0 Å². The highest BCUT2D eigenvalue weighted by molar-refractivity contribution is 7.01. The Balaban J connectivity index is 0.000000148. The summed E-state index contributed by atoms with van der Waals surface area (Å²) in [6.45, 7) is 0.221. The fourth-order valence-electron chi connectivity index (χ4n) is 11.4. The summed E-state index contributed by atoms with van der Waals surface area (Å²) >= 11 is 7.25. The van der Waals surface area contributed by atoms with Gasteiger partial charge in [-0.05, 0) is 155 Å². The summed E-state index contributed by atoms with van der Waals surface area (Å²) in [7, 11) is 0. The van der Waals surface area contributed by atoms with E-state index >= 15 is 0 Å². The molecule has 6 heteroatoms. The third kappa shape index (κ3) is 9.06. The van der Waals surface area contributed by atoms with Crippen molar-refractivity contribution in [3.63, 3.8) is 0 Å². The van der Waals surface area contributed by atoms with Gasteiger partial charge in [0.05, 0.1) is 10.7 Å². The quantitative estimate of drug-likeness (QED) is 0.120. The molecule has 2 aliphatic heterocycles. The number of halogens is 1. The van der Waals surface area contributed by atoms with Crippen molar-refractivity contribution in [1.82, 2.24) is 0 Å². The number of benzene rings is 12. The molecule has 78 heavy (non-hydrogen) atoms. The second-order valence-electron chi connectivity index (χ2n) is 19.4. The Morgan fingerprint density at radius 3 is 1.23 bits per heavy atom. The molecule has 0 N–H and O–H groups in total. The van der Waals surface area contributed by atoms with Gasteiger partial charge in [-0.2, -0.15) is 0 Å². The van der Waals surface area contributed by atoms with E-state index in [0.717, 1.165) is 62.3 Å². The van der Waals surface area contributed by atoms with Gasteiger partial charge in [-0.3, -0.25) is 0 Å². The molecule has 0 atom stereocenters. The second-order valence-corrected chi connectivity index (χ2v) is 19.8. The van der Waals surface area contributed by atoms with E-state index in [0.29, 0.717) is 5.02 Å². The Kier molecular flexibility index (Phi) is 13.2. The number of anilines is 12.